The number of nitriles is 1. The summed E-state index contributed by atoms with van der Waals surface area (Å²) in [5.41, 5.74) is 6.85. The lowest BCUT2D eigenvalue weighted by Crippen LogP contribution is -2.49. The smallest absolute Gasteiger partial charge is 0.181 e. The highest BCUT2D eigenvalue weighted by Crippen LogP contribution is 2.61. The van der Waals surface area contributed by atoms with Crippen molar-refractivity contribution in [2.75, 3.05) is 17.6 Å². The summed E-state index contributed by atoms with van der Waals surface area (Å²) < 4.78 is 0. The lowest BCUT2D eigenvalue weighted by molar-refractivity contribution is -0.0350. The van der Waals surface area contributed by atoms with E-state index in [0.29, 0.717) is 16.1 Å². The van der Waals surface area contributed by atoms with Gasteiger partial charge in [-0.2, -0.15) is 5.26 Å². The van der Waals surface area contributed by atoms with Crippen LogP contribution in [0.1, 0.15) is 60.7 Å². The molecule has 0 spiro atoms. The molecule has 5 heteroatoms. The van der Waals surface area contributed by atoms with Crippen LogP contribution in [0.3, 0.4) is 0 Å². The number of hydrogen-bond acceptors (Lipinski definition) is 5. The number of rotatable bonds is 4. The van der Waals surface area contributed by atoms with Crippen molar-refractivity contribution in [1.82, 2.24) is 0 Å². The molecule has 4 saturated carbocycles. The second kappa shape index (κ2) is 5.24. The number of carbonyl (C=O) groups is 1. The summed E-state index contributed by atoms with van der Waals surface area (Å²) in [4.78, 5) is 14.0. The topological polar surface area (TPSA) is 78.9 Å². The van der Waals surface area contributed by atoms with E-state index in [4.69, 9.17) is 5.73 Å². The van der Waals surface area contributed by atoms with Gasteiger partial charge < -0.3 is 11.1 Å². The van der Waals surface area contributed by atoms with Gasteiger partial charge in [-0.3, -0.25) is 4.79 Å². The second-order valence-electron chi connectivity index (χ2n) is 7.72. The van der Waals surface area contributed by atoms with Gasteiger partial charge in [-0.05, 0) is 63.2 Å². The molecule has 0 unspecified atom stereocenters. The van der Waals surface area contributed by atoms with Crippen LogP contribution in [-0.4, -0.2) is 12.3 Å². The average molecular weight is 329 g/mol. The summed E-state index contributed by atoms with van der Waals surface area (Å²) in [6.45, 7) is 2.71. The number of hydrogen-bond donors (Lipinski definition) is 2. The van der Waals surface area contributed by atoms with Gasteiger partial charge in [0.05, 0.1) is 10.6 Å². The highest BCUT2D eigenvalue weighted by Gasteiger charge is 2.55. The number of nitrogens with one attached hydrogen (secondary N) is 1. The third-order valence-electron chi connectivity index (χ3n) is 6.12. The third kappa shape index (κ3) is 2.19. The average Bonchev–Trinajstić information content (AvgIpc) is 2.81. The molecule has 3 N–H and O–H groups in total. The first-order valence-electron chi connectivity index (χ1n) is 8.67. The zero-order valence-corrected chi connectivity index (χ0v) is 14.3. The Kier molecular flexibility index (Phi) is 3.42. The number of thiophene rings is 1. The fraction of sp³-hybridized carbons (Fsp3) is 0.667. The first kappa shape index (κ1) is 15.0. The number of ketones is 1. The Balaban J connectivity index is 1.71. The predicted octanol–water partition coefficient (Wildman–Crippen LogP) is 4.03. The number of nitrogen functional groups attached to an aromatic ring is 1. The molecule has 0 amide bonds. The van der Waals surface area contributed by atoms with Crippen LogP contribution in [0.25, 0.3) is 0 Å². The molecule has 0 aliphatic heterocycles. The molecule has 4 fully saturated rings. The van der Waals surface area contributed by atoms with Gasteiger partial charge in [0.15, 0.2) is 5.78 Å². The normalized spacial score (nSPS) is 34.3. The third-order valence-corrected chi connectivity index (χ3v) is 7.28. The van der Waals surface area contributed by atoms with Crippen LogP contribution < -0.4 is 11.1 Å². The van der Waals surface area contributed by atoms with Gasteiger partial charge in [0, 0.05) is 12.0 Å². The van der Waals surface area contributed by atoms with Gasteiger partial charge in [-0.25, -0.2) is 0 Å². The highest BCUT2D eigenvalue weighted by atomic mass is 32.1. The van der Waals surface area contributed by atoms with E-state index >= 15 is 0 Å². The molecule has 1 aromatic rings. The molecule has 0 atom stereocenters. The van der Waals surface area contributed by atoms with Crippen LogP contribution in [0.5, 0.6) is 0 Å². The fourth-order valence-corrected chi connectivity index (χ4v) is 6.84. The lowest BCUT2D eigenvalue weighted by Gasteiger charge is -2.55. The Labute approximate surface area is 141 Å². The van der Waals surface area contributed by atoms with Crippen LogP contribution >= 0.6 is 11.3 Å². The number of nitrogens with zero attached hydrogens (tertiary/aromatic N) is 1. The molecule has 4 bridgehead atoms. The number of nitrogens with two attached hydrogens (primary N) is 1. The van der Waals surface area contributed by atoms with E-state index in [0.717, 1.165) is 48.6 Å². The Bertz CT molecular complexity index is 665. The van der Waals surface area contributed by atoms with E-state index in [1.54, 1.807) is 0 Å². The van der Waals surface area contributed by atoms with Crippen LogP contribution in [0.4, 0.5) is 10.7 Å². The molecule has 0 aromatic carbocycles. The molecular weight excluding hydrogens is 306 g/mol. The van der Waals surface area contributed by atoms with Crippen LogP contribution in [0, 0.1) is 34.5 Å². The quantitative estimate of drug-likeness (QED) is 0.817. The Morgan fingerprint density at radius 1 is 1.30 bits per heavy atom. The van der Waals surface area contributed by atoms with Gasteiger partial charge in [-0.15, -0.1) is 11.3 Å². The van der Waals surface area contributed by atoms with Crippen molar-refractivity contribution in [3.05, 3.63) is 10.4 Å². The predicted molar refractivity (Wildman–Crippen MR) is 92.5 cm³/mol. The largest absolute Gasteiger partial charge is 0.396 e. The molecule has 1 heterocycles. The SMILES string of the molecule is CCNc1sc(C(=O)C23CC4CC(CC(C4)C2)C3)c(N)c1C#N. The van der Waals surface area contributed by atoms with Crippen molar-refractivity contribution >= 4 is 27.8 Å². The fourth-order valence-electron chi connectivity index (χ4n) is 5.64. The molecule has 0 radical (unpaired) electrons. The van der Waals surface area contributed by atoms with Crippen molar-refractivity contribution in [3.63, 3.8) is 0 Å². The van der Waals surface area contributed by atoms with Crippen molar-refractivity contribution in [1.29, 1.82) is 5.26 Å². The molecule has 23 heavy (non-hydrogen) atoms. The second-order valence-corrected chi connectivity index (χ2v) is 8.74. The molecule has 5 rings (SSSR count). The summed E-state index contributed by atoms with van der Waals surface area (Å²) in [5, 5.41) is 13.3. The van der Waals surface area contributed by atoms with E-state index in [1.807, 2.05) is 6.92 Å². The van der Waals surface area contributed by atoms with Gasteiger partial charge >= 0.3 is 0 Å². The van der Waals surface area contributed by atoms with E-state index in [9.17, 15) is 10.1 Å². The zero-order chi connectivity index (χ0) is 16.2. The van der Waals surface area contributed by atoms with E-state index in [2.05, 4.69) is 11.4 Å². The molecular formula is C18H23N3OS. The minimum absolute atomic E-state index is 0.191. The summed E-state index contributed by atoms with van der Waals surface area (Å²) >= 11 is 1.38. The maximum atomic E-state index is 13.4. The van der Waals surface area contributed by atoms with Crippen LogP contribution in [0.2, 0.25) is 0 Å². The van der Waals surface area contributed by atoms with Gasteiger partial charge in [0.25, 0.3) is 0 Å². The minimum Gasteiger partial charge on any atom is -0.396 e. The minimum atomic E-state index is -0.191. The molecule has 4 aliphatic rings. The van der Waals surface area contributed by atoms with Crippen molar-refractivity contribution in [2.45, 2.75) is 45.4 Å². The van der Waals surface area contributed by atoms with Crippen molar-refractivity contribution < 1.29 is 4.79 Å². The standard InChI is InChI=1S/C18H23N3OS/c1-2-21-17-13(9-19)14(20)15(23-17)16(22)18-6-10-3-11(7-18)5-12(4-10)8-18/h10-12,21H,2-8,20H2,1H3. The summed E-state index contributed by atoms with van der Waals surface area (Å²) in [5.74, 6) is 2.42. The molecule has 4 aliphatic carbocycles. The summed E-state index contributed by atoms with van der Waals surface area (Å²) in [6, 6.07) is 2.17. The molecule has 0 saturated heterocycles. The van der Waals surface area contributed by atoms with Gasteiger partial charge in [-0.1, -0.05) is 0 Å². The Morgan fingerprint density at radius 3 is 2.35 bits per heavy atom. The Morgan fingerprint density at radius 2 is 1.87 bits per heavy atom. The van der Waals surface area contributed by atoms with Gasteiger partial charge in [0.1, 0.15) is 16.6 Å². The molecule has 122 valence electrons. The van der Waals surface area contributed by atoms with E-state index in [-0.39, 0.29) is 11.2 Å². The van der Waals surface area contributed by atoms with Crippen LogP contribution in [-0.2, 0) is 0 Å². The molecule has 4 nitrogen and oxygen atoms in total. The first-order valence-corrected chi connectivity index (χ1v) is 9.49. The maximum Gasteiger partial charge on any atom is 0.181 e. The number of carbonyl (C=O) groups excluding carboxylic acids is 1. The monoisotopic (exact) mass is 329 g/mol. The lowest BCUT2D eigenvalue weighted by atomic mass is 9.48. The number of Topliss-reactive ketones (excluding diaryl/α,β-unsaturated/α-hetero) is 1. The summed E-state index contributed by atoms with van der Waals surface area (Å²) in [6.07, 6.45) is 7.06. The van der Waals surface area contributed by atoms with E-state index < -0.39 is 0 Å². The zero-order valence-electron chi connectivity index (χ0n) is 13.5. The highest BCUT2D eigenvalue weighted by molar-refractivity contribution is 7.19. The van der Waals surface area contributed by atoms with E-state index in [1.165, 1.54) is 30.6 Å². The van der Waals surface area contributed by atoms with Crippen LogP contribution in [0.15, 0.2) is 0 Å². The van der Waals surface area contributed by atoms with Crippen molar-refractivity contribution in [2.24, 2.45) is 23.2 Å². The molecule has 1 aromatic heterocycles. The summed E-state index contributed by atoms with van der Waals surface area (Å²) in [7, 11) is 0. The maximum absolute atomic E-state index is 13.4. The van der Waals surface area contributed by atoms with Crippen molar-refractivity contribution in [3.8, 4) is 6.07 Å². The Hall–Kier alpha value is -1.54. The first-order chi connectivity index (χ1) is 11.1. The van der Waals surface area contributed by atoms with Gasteiger partial charge in [0.2, 0.25) is 0 Å². The number of anilines is 2.